The van der Waals surface area contributed by atoms with E-state index in [1.54, 1.807) is 48.5 Å². The van der Waals surface area contributed by atoms with Crippen molar-refractivity contribution in [2.24, 2.45) is 0 Å². The van der Waals surface area contributed by atoms with E-state index in [2.05, 4.69) is 10.3 Å². The van der Waals surface area contributed by atoms with Gasteiger partial charge in [0.1, 0.15) is 23.0 Å². The largest absolute Gasteiger partial charge is 0.494 e. The molecule has 0 atom stereocenters. The summed E-state index contributed by atoms with van der Waals surface area (Å²) in [6.07, 6.45) is 0. The second kappa shape index (κ2) is 7.32. The Morgan fingerprint density at radius 2 is 1.88 bits per heavy atom. The fourth-order valence-corrected chi connectivity index (χ4v) is 2.50. The van der Waals surface area contributed by atoms with Gasteiger partial charge in [0, 0.05) is 16.3 Å². The third kappa shape index (κ3) is 3.95. The van der Waals surface area contributed by atoms with E-state index in [0.29, 0.717) is 27.7 Å². The molecule has 2 aromatic carbocycles. The van der Waals surface area contributed by atoms with Crippen LogP contribution in [0.2, 0.25) is 5.02 Å². The van der Waals surface area contributed by atoms with E-state index in [-0.39, 0.29) is 17.4 Å². The molecular formula is C19H14ClFN2O2. The Labute approximate surface area is 149 Å². The zero-order valence-electron chi connectivity index (χ0n) is 13.3. The molecule has 0 radical (unpaired) electrons. The van der Waals surface area contributed by atoms with Crippen LogP contribution in [0, 0.1) is 5.82 Å². The average molecular weight is 357 g/mol. The predicted octanol–water partition coefficient (Wildman–Crippen LogP) is 4.80. The molecule has 3 aromatic rings. The van der Waals surface area contributed by atoms with Crippen LogP contribution in [0.1, 0.15) is 10.5 Å². The van der Waals surface area contributed by atoms with Gasteiger partial charge in [-0.25, -0.2) is 9.37 Å². The minimum Gasteiger partial charge on any atom is -0.494 e. The van der Waals surface area contributed by atoms with Crippen molar-refractivity contribution in [1.29, 1.82) is 0 Å². The quantitative estimate of drug-likeness (QED) is 0.730. The first kappa shape index (κ1) is 16.9. The first-order valence-electron chi connectivity index (χ1n) is 7.45. The lowest BCUT2D eigenvalue weighted by Crippen LogP contribution is -2.14. The van der Waals surface area contributed by atoms with Gasteiger partial charge in [-0.2, -0.15) is 0 Å². The van der Waals surface area contributed by atoms with Crippen LogP contribution >= 0.6 is 11.6 Å². The summed E-state index contributed by atoms with van der Waals surface area (Å²) in [6, 6.07) is 15.9. The smallest absolute Gasteiger partial charge is 0.274 e. The molecule has 25 heavy (non-hydrogen) atoms. The van der Waals surface area contributed by atoms with Gasteiger partial charge in [0.2, 0.25) is 0 Å². The van der Waals surface area contributed by atoms with E-state index < -0.39 is 0 Å². The van der Waals surface area contributed by atoms with Crippen molar-refractivity contribution in [2.75, 3.05) is 12.4 Å². The van der Waals surface area contributed by atoms with E-state index in [1.165, 1.54) is 19.2 Å². The number of carbonyl (C=O) groups is 1. The SMILES string of the molecule is COc1ccc(C(=O)Nc2cccc(Cl)c2)nc1-c1ccc(F)cc1. The Balaban J connectivity index is 1.93. The van der Waals surface area contributed by atoms with Crippen LogP contribution in [-0.2, 0) is 0 Å². The molecule has 6 heteroatoms. The number of rotatable bonds is 4. The maximum Gasteiger partial charge on any atom is 0.274 e. The Morgan fingerprint density at radius 3 is 2.56 bits per heavy atom. The monoisotopic (exact) mass is 356 g/mol. The van der Waals surface area contributed by atoms with Gasteiger partial charge in [-0.1, -0.05) is 17.7 Å². The number of pyridine rings is 1. The molecule has 1 heterocycles. The zero-order chi connectivity index (χ0) is 17.8. The number of carbonyl (C=O) groups excluding carboxylic acids is 1. The molecule has 4 nitrogen and oxygen atoms in total. The molecule has 0 aliphatic carbocycles. The van der Waals surface area contributed by atoms with Gasteiger partial charge in [-0.05, 0) is 54.6 Å². The number of halogens is 2. The van der Waals surface area contributed by atoms with Gasteiger partial charge in [0.05, 0.1) is 7.11 Å². The highest BCUT2D eigenvalue weighted by atomic mass is 35.5. The number of amides is 1. The third-order valence-corrected chi connectivity index (χ3v) is 3.75. The number of methoxy groups -OCH3 is 1. The molecule has 1 aromatic heterocycles. The summed E-state index contributed by atoms with van der Waals surface area (Å²) in [7, 11) is 1.51. The summed E-state index contributed by atoms with van der Waals surface area (Å²) in [5.41, 5.74) is 1.88. The fourth-order valence-electron chi connectivity index (χ4n) is 2.31. The number of anilines is 1. The number of hydrogen-bond donors (Lipinski definition) is 1. The first-order valence-corrected chi connectivity index (χ1v) is 7.82. The third-order valence-electron chi connectivity index (χ3n) is 3.51. The lowest BCUT2D eigenvalue weighted by atomic mass is 10.1. The summed E-state index contributed by atoms with van der Waals surface area (Å²) in [5.74, 6) is -0.239. The topological polar surface area (TPSA) is 51.2 Å². The summed E-state index contributed by atoms with van der Waals surface area (Å²) in [6.45, 7) is 0. The van der Waals surface area contributed by atoms with Crippen molar-refractivity contribution >= 4 is 23.2 Å². The summed E-state index contributed by atoms with van der Waals surface area (Å²) in [4.78, 5) is 16.8. The van der Waals surface area contributed by atoms with E-state index in [0.717, 1.165) is 0 Å². The molecule has 0 bridgehead atoms. The number of nitrogens with one attached hydrogen (secondary N) is 1. The molecule has 126 valence electrons. The first-order chi connectivity index (χ1) is 12.1. The van der Waals surface area contributed by atoms with Gasteiger partial charge < -0.3 is 10.1 Å². The lowest BCUT2D eigenvalue weighted by Gasteiger charge is -2.10. The highest BCUT2D eigenvalue weighted by Gasteiger charge is 2.14. The Morgan fingerprint density at radius 1 is 1.12 bits per heavy atom. The van der Waals surface area contributed by atoms with Crippen LogP contribution in [0.25, 0.3) is 11.3 Å². The molecule has 0 unspecified atom stereocenters. The van der Waals surface area contributed by atoms with E-state index in [4.69, 9.17) is 16.3 Å². The van der Waals surface area contributed by atoms with Crippen molar-refractivity contribution < 1.29 is 13.9 Å². The molecule has 1 amide bonds. The number of aromatic nitrogens is 1. The van der Waals surface area contributed by atoms with Gasteiger partial charge in [0.15, 0.2) is 0 Å². The van der Waals surface area contributed by atoms with Crippen LogP contribution in [-0.4, -0.2) is 18.0 Å². The molecular weight excluding hydrogens is 343 g/mol. The summed E-state index contributed by atoms with van der Waals surface area (Å²) >= 11 is 5.92. The van der Waals surface area contributed by atoms with Crippen molar-refractivity contribution in [3.8, 4) is 17.0 Å². The van der Waals surface area contributed by atoms with Crippen LogP contribution < -0.4 is 10.1 Å². The van der Waals surface area contributed by atoms with Crippen LogP contribution in [0.3, 0.4) is 0 Å². The minimum absolute atomic E-state index is 0.208. The number of hydrogen-bond acceptors (Lipinski definition) is 3. The second-order valence-electron chi connectivity index (χ2n) is 5.22. The molecule has 0 aliphatic rings. The molecule has 1 N–H and O–H groups in total. The maximum atomic E-state index is 13.1. The Hall–Kier alpha value is -2.92. The maximum absolute atomic E-state index is 13.1. The zero-order valence-corrected chi connectivity index (χ0v) is 14.0. The van der Waals surface area contributed by atoms with E-state index >= 15 is 0 Å². The van der Waals surface area contributed by atoms with Crippen molar-refractivity contribution in [2.45, 2.75) is 0 Å². The Bertz CT molecular complexity index is 914. The fraction of sp³-hybridized carbons (Fsp3) is 0.0526. The normalized spacial score (nSPS) is 10.4. The van der Waals surface area contributed by atoms with E-state index in [9.17, 15) is 9.18 Å². The Kier molecular flexibility index (Phi) is 4.95. The van der Waals surface area contributed by atoms with Gasteiger partial charge >= 0.3 is 0 Å². The van der Waals surface area contributed by atoms with Gasteiger partial charge in [-0.15, -0.1) is 0 Å². The van der Waals surface area contributed by atoms with Crippen LogP contribution in [0.4, 0.5) is 10.1 Å². The average Bonchev–Trinajstić information content (AvgIpc) is 2.62. The molecule has 0 aliphatic heterocycles. The standard InChI is InChI=1S/C19H14ClFN2O2/c1-25-17-10-9-16(19(24)22-15-4-2-3-13(20)11-15)23-18(17)12-5-7-14(21)8-6-12/h2-11H,1H3,(H,22,24). The lowest BCUT2D eigenvalue weighted by molar-refractivity contribution is 0.102. The summed E-state index contributed by atoms with van der Waals surface area (Å²) in [5, 5.41) is 3.26. The van der Waals surface area contributed by atoms with Crippen LogP contribution in [0.5, 0.6) is 5.75 Å². The predicted molar refractivity (Wildman–Crippen MR) is 95.6 cm³/mol. The highest BCUT2D eigenvalue weighted by Crippen LogP contribution is 2.28. The molecule has 0 fully saturated rings. The molecule has 3 rings (SSSR count). The number of ether oxygens (including phenoxy) is 1. The number of benzene rings is 2. The van der Waals surface area contributed by atoms with Gasteiger partial charge in [0.25, 0.3) is 5.91 Å². The molecule has 0 saturated carbocycles. The van der Waals surface area contributed by atoms with Crippen molar-refractivity contribution in [3.63, 3.8) is 0 Å². The minimum atomic E-state index is -0.381. The van der Waals surface area contributed by atoms with E-state index in [1.807, 2.05) is 0 Å². The van der Waals surface area contributed by atoms with Crippen molar-refractivity contribution in [3.05, 3.63) is 77.2 Å². The van der Waals surface area contributed by atoms with Crippen molar-refractivity contribution in [1.82, 2.24) is 4.98 Å². The molecule has 0 spiro atoms. The summed E-state index contributed by atoms with van der Waals surface area (Å²) < 4.78 is 18.4. The van der Waals surface area contributed by atoms with Crippen LogP contribution in [0.15, 0.2) is 60.7 Å². The van der Waals surface area contributed by atoms with Gasteiger partial charge in [-0.3, -0.25) is 4.79 Å². The highest BCUT2D eigenvalue weighted by molar-refractivity contribution is 6.30. The second-order valence-corrected chi connectivity index (χ2v) is 5.66. The number of nitrogens with zero attached hydrogens (tertiary/aromatic N) is 1. The molecule has 0 saturated heterocycles.